The Balaban J connectivity index is 2.38. The number of aryl methyl sites for hydroxylation is 1. The Bertz CT molecular complexity index is 371. The fourth-order valence-corrected chi connectivity index (χ4v) is 1.94. The van der Waals surface area contributed by atoms with Gasteiger partial charge in [0.25, 0.3) is 0 Å². The number of para-hydroxylation sites is 1. The van der Waals surface area contributed by atoms with Gasteiger partial charge < -0.3 is 10.6 Å². The van der Waals surface area contributed by atoms with E-state index in [0.29, 0.717) is 11.6 Å². The van der Waals surface area contributed by atoms with Crippen LogP contribution in [0.25, 0.3) is 0 Å². The van der Waals surface area contributed by atoms with Crippen molar-refractivity contribution >= 4 is 23.2 Å². The maximum absolute atomic E-state index is 11.4. The Labute approximate surface area is 87.4 Å². The van der Waals surface area contributed by atoms with E-state index in [9.17, 15) is 4.79 Å². The first-order chi connectivity index (χ1) is 6.61. The number of amides is 1. The van der Waals surface area contributed by atoms with Gasteiger partial charge in [0.05, 0.1) is 17.3 Å². The van der Waals surface area contributed by atoms with E-state index in [4.69, 9.17) is 17.3 Å². The molecular weight excluding hydrogens is 200 g/mol. The lowest BCUT2D eigenvalue weighted by atomic mass is 10.1. The second-order valence-corrected chi connectivity index (χ2v) is 3.87. The Morgan fingerprint density at radius 3 is 2.79 bits per heavy atom. The second kappa shape index (κ2) is 3.26. The van der Waals surface area contributed by atoms with Crippen molar-refractivity contribution in [3.05, 3.63) is 28.8 Å². The van der Waals surface area contributed by atoms with Crippen LogP contribution in [0, 0.1) is 6.92 Å². The molecule has 1 atom stereocenters. The summed E-state index contributed by atoms with van der Waals surface area (Å²) in [6, 6.07) is 5.22. The molecule has 1 aromatic rings. The average molecular weight is 211 g/mol. The molecule has 1 heterocycles. The maximum Gasteiger partial charge on any atom is 0.245 e. The number of nitrogens with two attached hydrogens (primary N) is 1. The van der Waals surface area contributed by atoms with Gasteiger partial charge >= 0.3 is 0 Å². The molecule has 2 N–H and O–H groups in total. The molecule has 74 valence electrons. The molecular formula is C10H11ClN2O. The zero-order valence-corrected chi connectivity index (χ0v) is 8.58. The van der Waals surface area contributed by atoms with E-state index in [0.717, 1.165) is 11.3 Å². The summed E-state index contributed by atoms with van der Waals surface area (Å²) in [6.07, 6.45) is 0. The molecule has 4 heteroatoms. The molecule has 0 aliphatic carbocycles. The topological polar surface area (TPSA) is 46.3 Å². The van der Waals surface area contributed by atoms with Gasteiger partial charge in [0.1, 0.15) is 6.04 Å². The summed E-state index contributed by atoms with van der Waals surface area (Å²) in [4.78, 5) is 13.0. The number of hydrogen-bond donors (Lipinski definition) is 1. The predicted octanol–water partition coefficient (Wildman–Crippen LogP) is 1.32. The molecule has 1 saturated heterocycles. The largest absolute Gasteiger partial charge is 0.318 e. The summed E-state index contributed by atoms with van der Waals surface area (Å²) in [5.74, 6) is -0.0544. The molecule has 1 amide bonds. The van der Waals surface area contributed by atoms with E-state index < -0.39 is 0 Å². The summed E-state index contributed by atoms with van der Waals surface area (Å²) in [6.45, 7) is 2.49. The number of benzene rings is 1. The van der Waals surface area contributed by atoms with E-state index in [2.05, 4.69) is 0 Å². The number of β-lactam (4-membered cyclic amide) rings is 1. The predicted molar refractivity (Wildman–Crippen MR) is 56.5 cm³/mol. The van der Waals surface area contributed by atoms with Crippen LogP contribution in [0.2, 0.25) is 5.02 Å². The molecule has 1 unspecified atom stereocenters. The zero-order valence-electron chi connectivity index (χ0n) is 7.83. The van der Waals surface area contributed by atoms with Gasteiger partial charge in [-0.05, 0) is 18.6 Å². The Hall–Kier alpha value is -1.06. The van der Waals surface area contributed by atoms with Crippen molar-refractivity contribution in [1.82, 2.24) is 0 Å². The highest BCUT2D eigenvalue weighted by Gasteiger charge is 2.36. The molecule has 0 bridgehead atoms. The fraction of sp³-hybridized carbons (Fsp3) is 0.300. The average Bonchev–Trinajstić information content (AvgIpc) is 2.16. The third kappa shape index (κ3) is 1.29. The van der Waals surface area contributed by atoms with Crippen molar-refractivity contribution in [3.63, 3.8) is 0 Å². The normalized spacial score (nSPS) is 20.9. The Kier molecular flexibility index (Phi) is 2.21. The number of halogens is 1. The van der Waals surface area contributed by atoms with Crippen LogP contribution in [0.3, 0.4) is 0 Å². The van der Waals surface area contributed by atoms with Crippen LogP contribution in [-0.2, 0) is 4.79 Å². The molecule has 3 nitrogen and oxygen atoms in total. The van der Waals surface area contributed by atoms with Crippen molar-refractivity contribution in [1.29, 1.82) is 0 Å². The van der Waals surface area contributed by atoms with Crippen molar-refractivity contribution in [3.8, 4) is 0 Å². The lowest BCUT2D eigenvalue weighted by Crippen LogP contribution is -2.61. The van der Waals surface area contributed by atoms with Crippen LogP contribution < -0.4 is 10.6 Å². The number of hydrogen-bond acceptors (Lipinski definition) is 2. The minimum absolute atomic E-state index is 0.0544. The first-order valence-electron chi connectivity index (χ1n) is 4.43. The monoisotopic (exact) mass is 210 g/mol. The third-order valence-corrected chi connectivity index (χ3v) is 2.73. The number of rotatable bonds is 1. The molecule has 0 saturated carbocycles. The first kappa shape index (κ1) is 9.49. The maximum atomic E-state index is 11.4. The van der Waals surface area contributed by atoms with Gasteiger partial charge in [-0.25, -0.2) is 0 Å². The van der Waals surface area contributed by atoms with Gasteiger partial charge in [0, 0.05) is 0 Å². The number of anilines is 1. The summed E-state index contributed by atoms with van der Waals surface area (Å²) in [7, 11) is 0. The molecule has 0 radical (unpaired) electrons. The Morgan fingerprint density at radius 1 is 1.57 bits per heavy atom. The van der Waals surface area contributed by atoms with E-state index in [1.165, 1.54) is 0 Å². The van der Waals surface area contributed by atoms with Crippen LogP contribution in [-0.4, -0.2) is 18.5 Å². The van der Waals surface area contributed by atoms with Crippen molar-refractivity contribution in [2.75, 3.05) is 11.4 Å². The summed E-state index contributed by atoms with van der Waals surface area (Å²) < 4.78 is 0. The van der Waals surface area contributed by atoms with Gasteiger partial charge in [-0.2, -0.15) is 0 Å². The SMILES string of the molecule is Cc1cccc(Cl)c1N1CC(N)C1=O. The number of nitrogens with zero attached hydrogens (tertiary/aromatic N) is 1. The highest BCUT2D eigenvalue weighted by Crippen LogP contribution is 2.32. The number of carbonyl (C=O) groups is 1. The Morgan fingerprint density at radius 2 is 2.29 bits per heavy atom. The summed E-state index contributed by atoms with van der Waals surface area (Å²) >= 11 is 6.02. The molecule has 1 aliphatic rings. The molecule has 1 aliphatic heterocycles. The lowest BCUT2D eigenvalue weighted by Gasteiger charge is -2.37. The molecule has 0 spiro atoms. The molecule has 2 rings (SSSR count). The van der Waals surface area contributed by atoms with Crippen LogP contribution in [0.5, 0.6) is 0 Å². The second-order valence-electron chi connectivity index (χ2n) is 3.46. The van der Waals surface area contributed by atoms with Crippen LogP contribution in [0.15, 0.2) is 18.2 Å². The van der Waals surface area contributed by atoms with Crippen molar-refractivity contribution < 1.29 is 4.79 Å². The zero-order chi connectivity index (χ0) is 10.3. The molecule has 1 fully saturated rings. The van der Waals surface area contributed by atoms with Gasteiger partial charge in [0.2, 0.25) is 5.91 Å². The first-order valence-corrected chi connectivity index (χ1v) is 4.81. The molecule has 1 aromatic carbocycles. The minimum Gasteiger partial charge on any atom is -0.318 e. The van der Waals surface area contributed by atoms with Gasteiger partial charge in [0.15, 0.2) is 0 Å². The van der Waals surface area contributed by atoms with Gasteiger partial charge in [-0.3, -0.25) is 4.79 Å². The van der Waals surface area contributed by atoms with E-state index in [-0.39, 0.29) is 11.9 Å². The van der Waals surface area contributed by atoms with Crippen LogP contribution in [0.1, 0.15) is 5.56 Å². The third-order valence-electron chi connectivity index (χ3n) is 2.42. The molecule has 0 aromatic heterocycles. The fourth-order valence-electron chi connectivity index (χ4n) is 1.62. The van der Waals surface area contributed by atoms with E-state index in [1.54, 1.807) is 11.0 Å². The number of carbonyl (C=O) groups excluding carboxylic acids is 1. The quantitative estimate of drug-likeness (QED) is 0.711. The standard InChI is InChI=1S/C10H11ClN2O/c1-6-3-2-4-7(11)9(6)13-5-8(12)10(13)14/h2-4,8H,5,12H2,1H3. The van der Waals surface area contributed by atoms with Crippen molar-refractivity contribution in [2.24, 2.45) is 5.73 Å². The van der Waals surface area contributed by atoms with E-state index >= 15 is 0 Å². The van der Waals surface area contributed by atoms with Crippen LogP contribution >= 0.6 is 11.6 Å². The summed E-state index contributed by atoms with van der Waals surface area (Å²) in [5.41, 5.74) is 7.31. The van der Waals surface area contributed by atoms with E-state index in [1.807, 2.05) is 19.1 Å². The molecule has 14 heavy (non-hydrogen) atoms. The lowest BCUT2D eigenvalue weighted by molar-refractivity contribution is -0.123. The smallest absolute Gasteiger partial charge is 0.245 e. The summed E-state index contributed by atoms with van der Waals surface area (Å²) in [5, 5.41) is 0.602. The minimum atomic E-state index is -0.356. The highest BCUT2D eigenvalue weighted by molar-refractivity contribution is 6.34. The van der Waals surface area contributed by atoms with Gasteiger partial charge in [-0.15, -0.1) is 0 Å². The van der Waals surface area contributed by atoms with Gasteiger partial charge in [-0.1, -0.05) is 23.7 Å². The highest BCUT2D eigenvalue weighted by atomic mass is 35.5. The van der Waals surface area contributed by atoms with Crippen LogP contribution in [0.4, 0.5) is 5.69 Å². The van der Waals surface area contributed by atoms with Crippen molar-refractivity contribution in [2.45, 2.75) is 13.0 Å².